The van der Waals surface area contributed by atoms with Gasteiger partial charge in [-0.1, -0.05) is 11.6 Å². The number of hydrogen-bond acceptors (Lipinski definition) is 5. The Balaban J connectivity index is 1.64. The third-order valence-corrected chi connectivity index (χ3v) is 5.02. The molecule has 7 nitrogen and oxygen atoms in total. The van der Waals surface area contributed by atoms with Crippen molar-refractivity contribution in [2.75, 3.05) is 5.32 Å². The van der Waals surface area contributed by atoms with E-state index in [9.17, 15) is 4.79 Å². The average molecular weight is 409 g/mol. The summed E-state index contributed by atoms with van der Waals surface area (Å²) in [4.78, 5) is 28.6. The molecule has 1 atom stereocenters. The maximum Gasteiger partial charge on any atom is 0.253 e. The summed E-state index contributed by atoms with van der Waals surface area (Å²) in [5, 5.41) is 4.72. The Morgan fingerprint density at radius 3 is 2.79 bits per heavy atom. The van der Waals surface area contributed by atoms with Crippen molar-refractivity contribution < 1.29 is 0 Å². The third kappa shape index (κ3) is 3.86. The summed E-state index contributed by atoms with van der Waals surface area (Å²) in [7, 11) is 0. The first-order valence-electron chi connectivity index (χ1n) is 9.36. The normalized spacial score (nSPS) is 12.4. The molecule has 0 aliphatic carbocycles. The quantitative estimate of drug-likeness (QED) is 0.504. The molecule has 0 amide bonds. The average Bonchev–Trinajstić information content (AvgIpc) is 3.18. The smallest absolute Gasteiger partial charge is 0.253 e. The number of nitrogens with zero attached hydrogens (tertiary/aromatic N) is 4. The molecule has 0 fully saturated rings. The highest BCUT2D eigenvalue weighted by Crippen LogP contribution is 2.23. The summed E-state index contributed by atoms with van der Waals surface area (Å²) in [6.45, 7) is 6.08. The number of hydrogen-bond donors (Lipinski definition) is 2. The van der Waals surface area contributed by atoms with Crippen molar-refractivity contribution >= 4 is 28.5 Å². The highest BCUT2D eigenvalue weighted by atomic mass is 35.5. The van der Waals surface area contributed by atoms with Crippen molar-refractivity contribution in [3.05, 3.63) is 70.0 Å². The topological polar surface area (TPSA) is 88.5 Å². The molecule has 4 rings (SSSR count). The number of H-pyrrole nitrogens is 1. The monoisotopic (exact) mass is 408 g/mol. The molecule has 0 aliphatic heterocycles. The second kappa shape index (κ2) is 7.67. The predicted molar refractivity (Wildman–Crippen MR) is 115 cm³/mol. The molecule has 29 heavy (non-hydrogen) atoms. The van der Waals surface area contributed by atoms with Crippen LogP contribution in [0.5, 0.6) is 0 Å². The van der Waals surface area contributed by atoms with Gasteiger partial charge in [0, 0.05) is 33.7 Å². The van der Waals surface area contributed by atoms with Crippen LogP contribution in [0.1, 0.15) is 38.4 Å². The van der Waals surface area contributed by atoms with Crippen molar-refractivity contribution in [3.63, 3.8) is 0 Å². The molecule has 3 heterocycles. The van der Waals surface area contributed by atoms with E-state index in [1.54, 1.807) is 30.9 Å². The number of pyridine rings is 1. The van der Waals surface area contributed by atoms with Crippen LogP contribution in [-0.2, 0) is 0 Å². The molecular formula is C21H21ClN6O. The Kier molecular flexibility index (Phi) is 5.07. The highest BCUT2D eigenvalue weighted by molar-refractivity contribution is 6.31. The van der Waals surface area contributed by atoms with Crippen LogP contribution in [0.15, 0.2) is 53.8 Å². The highest BCUT2D eigenvalue weighted by Gasteiger charge is 2.14. The predicted octanol–water partition coefficient (Wildman–Crippen LogP) is 4.59. The maximum atomic E-state index is 12.5. The molecule has 1 aromatic carbocycles. The van der Waals surface area contributed by atoms with Gasteiger partial charge < -0.3 is 14.9 Å². The second-order valence-electron chi connectivity index (χ2n) is 7.20. The fourth-order valence-electron chi connectivity index (χ4n) is 3.27. The molecule has 0 radical (unpaired) electrons. The Morgan fingerprint density at radius 1 is 1.17 bits per heavy atom. The van der Waals surface area contributed by atoms with E-state index in [0.717, 1.165) is 22.3 Å². The van der Waals surface area contributed by atoms with Gasteiger partial charge in [-0.3, -0.25) is 4.79 Å². The van der Waals surface area contributed by atoms with Crippen LogP contribution < -0.4 is 10.9 Å². The van der Waals surface area contributed by atoms with Crippen LogP contribution in [0.3, 0.4) is 0 Å². The van der Waals surface area contributed by atoms with E-state index in [1.807, 2.05) is 29.7 Å². The molecule has 0 saturated carbocycles. The summed E-state index contributed by atoms with van der Waals surface area (Å²) in [5.41, 5.74) is 2.85. The van der Waals surface area contributed by atoms with E-state index >= 15 is 0 Å². The Hall–Kier alpha value is -3.19. The van der Waals surface area contributed by atoms with Gasteiger partial charge in [-0.15, -0.1) is 0 Å². The van der Waals surface area contributed by atoms with Gasteiger partial charge in [0.25, 0.3) is 5.56 Å². The van der Waals surface area contributed by atoms with E-state index in [1.165, 1.54) is 0 Å². The van der Waals surface area contributed by atoms with Crippen LogP contribution in [0.25, 0.3) is 22.3 Å². The van der Waals surface area contributed by atoms with E-state index in [0.29, 0.717) is 16.5 Å². The minimum atomic E-state index is -0.299. The lowest BCUT2D eigenvalue weighted by Gasteiger charge is -2.15. The summed E-state index contributed by atoms with van der Waals surface area (Å²) < 4.78 is 2.05. The molecule has 0 saturated heterocycles. The van der Waals surface area contributed by atoms with Crippen molar-refractivity contribution in [1.82, 2.24) is 24.5 Å². The minimum absolute atomic E-state index is 0.158. The summed E-state index contributed by atoms with van der Waals surface area (Å²) in [6.07, 6.45) is 5.27. The van der Waals surface area contributed by atoms with Crippen molar-refractivity contribution in [2.24, 2.45) is 0 Å². The van der Waals surface area contributed by atoms with E-state index in [-0.39, 0.29) is 17.6 Å². The number of aromatic nitrogens is 5. The summed E-state index contributed by atoms with van der Waals surface area (Å²) in [6, 6.07) is 9.03. The lowest BCUT2D eigenvalue weighted by Crippen LogP contribution is -2.20. The Bertz CT molecular complexity index is 1230. The van der Waals surface area contributed by atoms with Crippen molar-refractivity contribution in [1.29, 1.82) is 0 Å². The number of anilines is 1. The summed E-state index contributed by atoms with van der Waals surface area (Å²) in [5.74, 6) is 0.442. The zero-order valence-electron chi connectivity index (χ0n) is 16.3. The zero-order valence-corrected chi connectivity index (χ0v) is 17.1. The third-order valence-electron chi connectivity index (χ3n) is 4.79. The molecule has 0 aliphatic rings. The Labute approximate surface area is 172 Å². The van der Waals surface area contributed by atoms with Crippen LogP contribution in [0, 0.1) is 0 Å². The first kappa shape index (κ1) is 19.1. The molecule has 148 valence electrons. The molecule has 0 unspecified atom stereocenters. The first-order chi connectivity index (χ1) is 13.9. The lowest BCUT2D eigenvalue weighted by molar-refractivity contribution is 0.604. The standard InChI is InChI=1S/C21H21ClN6O/c1-12(2)28-11-23-10-19(28)18-6-7-24-21(27-18)25-13(3)16-9-14-8-15(22)4-5-17(14)26-20(16)29/h4-13H,1-3H3,(H,26,29)(H,24,25,27)/t13-/m0/s1. The number of aromatic amines is 1. The Morgan fingerprint density at radius 2 is 2.00 bits per heavy atom. The SMILES string of the molecule is CC(C)n1cncc1-c1ccnc(N[C@@H](C)c2cc3cc(Cl)ccc3[nH]c2=O)n1. The molecule has 3 aromatic heterocycles. The number of halogens is 1. The molecule has 0 bridgehead atoms. The molecule has 4 aromatic rings. The van der Waals surface area contributed by atoms with Crippen LogP contribution in [0.2, 0.25) is 5.02 Å². The fourth-order valence-corrected chi connectivity index (χ4v) is 3.45. The van der Waals surface area contributed by atoms with Crippen LogP contribution >= 0.6 is 11.6 Å². The first-order valence-corrected chi connectivity index (χ1v) is 9.74. The molecule has 0 spiro atoms. The van der Waals surface area contributed by atoms with Gasteiger partial charge in [0.1, 0.15) is 0 Å². The van der Waals surface area contributed by atoms with E-state index in [2.05, 4.69) is 39.1 Å². The maximum absolute atomic E-state index is 12.5. The van der Waals surface area contributed by atoms with Gasteiger partial charge in [0.2, 0.25) is 5.95 Å². The number of fused-ring (bicyclic) bond motifs is 1. The van der Waals surface area contributed by atoms with Crippen LogP contribution in [-0.4, -0.2) is 24.5 Å². The minimum Gasteiger partial charge on any atom is -0.347 e. The van der Waals surface area contributed by atoms with Crippen molar-refractivity contribution in [2.45, 2.75) is 32.9 Å². The van der Waals surface area contributed by atoms with E-state index in [4.69, 9.17) is 11.6 Å². The number of rotatable bonds is 5. The van der Waals surface area contributed by atoms with E-state index < -0.39 is 0 Å². The van der Waals surface area contributed by atoms with Gasteiger partial charge in [-0.2, -0.15) is 0 Å². The van der Waals surface area contributed by atoms with Gasteiger partial charge in [-0.05, 0) is 51.1 Å². The van der Waals surface area contributed by atoms with Crippen LogP contribution in [0.4, 0.5) is 5.95 Å². The lowest BCUT2D eigenvalue weighted by atomic mass is 10.1. The second-order valence-corrected chi connectivity index (χ2v) is 7.63. The van der Waals surface area contributed by atoms with Gasteiger partial charge in [-0.25, -0.2) is 15.0 Å². The fraction of sp³-hybridized carbons (Fsp3) is 0.238. The molecular weight excluding hydrogens is 388 g/mol. The summed E-state index contributed by atoms with van der Waals surface area (Å²) >= 11 is 6.09. The molecule has 2 N–H and O–H groups in total. The number of nitrogens with one attached hydrogen (secondary N) is 2. The van der Waals surface area contributed by atoms with Crippen molar-refractivity contribution in [3.8, 4) is 11.4 Å². The van der Waals surface area contributed by atoms with Gasteiger partial charge in [0.15, 0.2) is 0 Å². The van der Waals surface area contributed by atoms with Gasteiger partial charge >= 0.3 is 0 Å². The number of imidazole rings is 1. The molecule has 8 heteroatoms. The largest absolute Gasteiger partial charge is 0.347 e. The number of benzene rings is 1. The zero-order chi connectivity index (χ0) is 20.5. The van der Waals surface area contributed by atoms with Gasteiger partial charge in [0.05, 0.1) is 30.0 Å².